The molecule has 0 aromatic heterocycles. The first kappa shape index (κ1) is 23.1. The van der Waals surface area contributed by atoms with Gasteiger partial charge in [-0.25, -0.2) is 9.18 Å². The van der Waals surface area contributed by atoms with Crippen LogP contribution in [0, 0.1) is 23.0 Å². The van der Waals surface area contributed by atoms with E-state index in [0.717, 1.165) is 29.7 Å². The number of hydrogen-bond donors (Lipinski definition) is 0. The number of aryl methyl sites for hydroxylation is 1. The summed E-state index contributed by atoms with van der Waals surface area (Å²) in [6, 6.07) is 18.8. The van der Waals surface area contributed by atoms with Gasteiger partial charge in [0.25, 0.3) is 0 Å². The van der Waals surface area contributed by atoms with Gasteiger partial charge in [0.2, 0.25) is 5.82 Å². The Bertz CT molecular complexity index is 1100. The zero-order chi connectivity index (χ0) is 22.9. The Morgan fingerprint density at radius 3 is 2.09 bits per heavy atom. The second-order valence-corrected chi connectivity index (χ2v) is 7.68. The van der Waals surface area contributed by atoms with Gasteiger partial charge in [0, 0.05) is 0 Å². The van der Waals surface area contributed by atoms with Crippen molar-refractivity contribution in [2.24, 2.45) is 0 Å². The van der Waals surface area contributed by atoms with Crippen LogP contribution in [-0.4, -0.2) is 5.97 Å². The third-order valence-electron chi connectivity index (χ3n) is 5.35. The van der Waals surface area contributed by atoms with Crippen LogP contribution in [0.2, 0.25) is 0 Å². The molecular formula is C27H25F2NO2. The molecule has 0 amide bonds. The van der Waals surface area contributed by atoms with Crippen molar-refractivity contribution in [2.75, 3.05) is 0 Å². The lowest BCUT2D eigenvalue weighted by molar-refractivity contribution is 0.0726. The molecular weight excluding hydrogens is 408 g/mol. The van der Waals surface area contributed by atoms with E-state index in [0.29, 0.717) is 0 Å². The number of nitriles is 1. The molecule has 0 unspecified atom stereocenters. The van der Waals surface area contributed by atoms with Gasteiger partial charge in [0.05, 0.1) is 11.1 Å². The topological polar surface area (TPSA) is 50.1 Å². The van der Waals surface area contributed by atoms with E-state index in [2.05, 4.69) is 31.2 Å². The molecule has 0 radical (unpaired) electrons. The number of esters is 1. The van der Waals surface area contributed by atoms with E-state index >= 15 is 0 Å². The number of carbonyl (C=O) groups excluding carboxylic acids is 1. The van der Waals surface area contributed by atoms with Gasteiger partial charge in [-0.15, -0.1) is 0 Å². The van der Waals surface area contributed by atoms with Gasteiger partial charge in [-0.05, 0) is 53.8 Å². The van der Waals surface area contributed by atoms with Gasteiger partial charge in [0.15, 0.2) is 11.6 Å². The zero-order valence-corrected chi connectivity index (χ0v) is 18.0. The Balaban J connectivity index is 1.62. The van der Waals surface area contributed by atoms with E-state index in [4.69, 9.17) is 10.00 Å². The Morgan fingerprint density at radius 2 is 1.47 bits per heavy atom. The molecule has 0 aliphatic heterocycles. The number of rotatable bonds is 9. The minimum Gasteiger partial charge on any atom is -0.420 e. The first-order valence-corrected chi connectivity index (χ1v) is 10.8. The number of unbranched alkanes of at least 4 members (excludes halogenated alkanes) is 4. The lowest BCUT2D eigenvalue weighted by Crippen LogP contribution is -2.10. The quantitative estimate of drug-likeness (QED) is 0.203. The monoisotopic (exact) mass is 433 g/mol. The summed E-state index contributed by atoms with van der Waals surface area (Å²) in [5.41, 5.74) is 3.03. The zero-order valence-electron chi connectivity index (χ0n) is 18.0. The molecule has 0 saturated heterocycles. The Morgan fingerprint density at radius 1 is 0.844 bits per heavy atom. The van der Waals surface area contributed by atoms with Crippen LogP contribution >= 0.6 is 0 Å². The first-order valence-electron chi connectivity index (χ1n) is 10.8. The van der Waals surface area contributed by atoms with Crippen LogP contribution in [0.5, 0.6) is 5.75 Å². The number of benzene rings is 3. The number of hydrogen-bond acceptors (Lipinski definition) is 3. The minimum atomic E-state index is -1.36. The van der Waals surface area contributed by atoms with E-state index in [1.54, 1.807) is 24.3 Å². The summed E-state index contributed by atoms with van der Waals surface area (Å²) in [6.45, 7) is 2.21. The molecule has 0 fully saturated rings. The lowest BCUT2D eigenvalue weighted by atomic mass is 10.00. The van der Waals surface area contributed by atoms with E-state index < -0.39 is 28.9 Å². The van der Waals surface area contributed by atoms with Crippen molar-refractivity contribution < 1.29 is 18.3 Å². The minimum absolute atomic E-state index is 0.210. The smallest absolute Gasteiger partial charge is 0.343 e. The van der Waals surface area contributed by atoms with Crippen LogP contribution in [-0.2, 0) is 6.42 Å². The fourth-order valence-corrected chi connectivity index (χ4v) is 3.45. The molecule has 164 valence electrons. The molecule has 0 saturated carbocycles. The largest absolute Gasteiger partial charge is 0.420 e. The Labute approximate surface area is 187 Å². The van der Waals surface area contributed by atoms with Crippen LogP contribution in [0.1, 0.15) is 60.5 Å². The number of carbonyl (C=O) groups is 1. The van der Waals surface area contributed by atoms with Crippen molar-refractivity contribution in [1.82, 2.24) is 0 Å². The maximum atomic E-state index is 14.0. The third kappa shape index (κ3) is 5.79. The van der Waals surface area contributed by atoms with Crippen molar-refractivity contribution in [1.29, 1.82) is 5.26 Å². The van der Waals surface area contributed by atoms with Crippen molar-refractivity contribution in [3.05, 3.63) is 89.0 Å². The molecule has 0 spiro atoms. The molecule has 0 aliphatic rings. The summed E-state index contributed by atoms with van der Waals surface area (Å²) in [7, 11) is 0. The van der Waals surface area contributed by atoms with E-state index in [-0.39, 0.29) is 5.56 Å². The van der Waals surface area contributed by atoms with Crippen LogP contribution in [0.25, 0.3) is 11.1 Å². The second-order valence-electron chi connectivity index (χ2n) is 7.68. The van der Waals surface area contributed by atoms with Crippen molar-refractivity contribution in [3.63, 3.8) is 0 Å². The van der Waals surface area contributed by atoms with Crippen molar-refractivity contribution in [2.45, 2.75) is 45.4 Å². The number of halogens is 2. The molecule has 5 heteroatoms. The summed E-state index contributed by atoms with van der Waals surface area (Å²) >= 11 is 0. The van der Waals surface area contributed by atoms with Crippen molar-refractivity contribution in [3.8, 4) is 22.9 Å². The van der Waals surface area contributed by atoms with Gasteiger partial charge in [-0.3, -0.25) is 0 Å². The number of ether oxygens (including phenoxy) is 1. The lowest BCUT2D eigenvalue weighted by Gasteiger charge is -2.08. The second kappa shape index (κ2) is 11.2. The molecule has 3 aromatic carbocycles. The Kier molecular flexibility index (Phi) is 8.10. The van der Waals surface area contributed by atoms with Crippen LogP contribution in [0.15, 0.2) is 60.7 Å². The van der Waals surface area contributed by atoms with Gasteiger partial charge in [-0.2, -0.15) is 9.65 Å². The highest BCUT2D eigenvalue weighted by atomic mass is 19.2. The maximum absolute atomic E-state index is 14.0. The molecule has 0 aliphatic carbocycles. The fraction of sp³-hybridized carbons (Fsp3) is 0.259. The highest BCUT2D eigenvalue weighted by molar-refractivity contribution is 5.91. The molecule has 3 aromatic rings. The SMILES string of the molecule is CCCCCCCc1ccc(-c2ccc(C(=O)Oc3ccc(C#N)c(F)c3F)cc2)cc1. The average molecular weight is 433 g/mol. The van der Waals surface area contributed by atoms with Crippen LogP contribution in [0.3, 0.4) is 0 Å². The average Bonchev–Trinajstić information content (AvgIpc) is 2.82. The van der Waals surface area contributed by atoms with E-state index in [1.165, 1.54) is 43.7 Å². The summed E-state index contributed by atoms with van der Waals surface area (Å²) in [4.78, 5) is 12.3. The summed E-state index contributed by atoms with van der Waals surface area (Å²) in [5.74, 6) is -4.06. The van der Waals surface area contributed by atoms with Gasteiger partial charge < -0.3 is 4.74 Å². The Hall–Kier alpha value is -3.52. The van der Waals surface area contributed by atoms with Crippen LogP contribution < -0.4 is 4.74 Å². The predicted octanol–water partition coefficient (Wildman–Crippen LogP) is 7.24. The number of nitrogens with zero attached hydrogens (tertiary/aromatic N) is 1. The van der Waals surface area contributed by atoms with Gasteiger partial charge in [-0.1, -0.05) is 69.0 Å². The molecule has 3 nitrogen and oxygen atoms in total. The van der Waals surface area contributed by atoms with E-state index in [1.807, 2.05) is 0 Å². The fourth-order valence-electron chi connectivity index (χ4n) is 3.45. The molecule has 32 heavy (non-hydrogen) atoms. The molecule has 0 N–H and O–H groups in total. The molecule has 0 heterocycles. The van der Waals surface area contributed by atoms with Gasteiger partial charge >= 0.3 is 5.97 Å². The molecule has 0 atom stereocenters. The predicted molar refractivity (Wildman–Crippen MR) is 120 cm³/mol. The summed E-state index contributed by atoms with van der Waals surface area (Å²) in [5, 5.41) is 8.73. The maximum Gasteiger partial charge on any atom is 0.343 e. The van der Waals surface area contributed by atoms with Gasteiger partial charge in [0.1, 0.15) is 6.07 Å². The molecule has 0 bridgehead atoms. The summed E-state index contributed by atoms with van der Waals surface area (Å²) < 4.78 is 32.7. The standard InChI is InChI=1S/C27H25F2NO2/c1-2-3-4-5-6-7-19-8-10-20(11-9-19)21-12-14-22(15-13-21)27(31)32-24-17-16-23(18-30)25(28)26(24)29/h8-17H,2-7H2,1H3. The highest BCUT2D eigenvalue weighted by Crippen LogP contribution is 2.25. The van der Waals surface area contributed by atoms with Crippen molar-refractivity contribution >= 4 is 5.97 Å². The molecule has 3 rings (SSSR count). The highest BCUT2D eigenvalue weighted by Gasteiger charge is 2.18. The third-order valence-corrected chi connectivity index (χ3v) is 5.35. The normalized spacial score (nSPS) is 10.6. The summed E-state index contributed by atoms with van der Waals surface area (Å²) in [6.07, 6.45) is 7.35. The first-order chi connectivity index (χ1) is 15.5. The van der Waals surface area contributed by atoms with E-state index in [9.17, 15) is 13.6 Å². The van der Waals surface area contributed by atoms with Crippen LogP contribution in [0.4, 0.5) is 8.78 Å².